The molecule has 9 nitrogen and oxygen atoms in total. The molecule has 3 atom stereocenters. The summed E-state index contributed by atoms with van der Waals surface area (Å²) in [5, 5.41) is 3.00. The van der Waals surface area contributed by atoms with Crippen molar-refractivity contribution in [2.45, 2.75) is 251 Å². The van der Waals surface area contributed by atoms with E-state index in [9.17, 15) is 19.0 Å². The second kappa shape index (κ2) is 54.0. The van der Waals surface area contributed by atoms with Gasteiger partial charge in [0.1, 0.15) is 19.3 Å². The zero-order valence-corrected chi connectivity index (χ0v) is 49.9. The van der Waals surface area contributed by atoms with E-state index in [4.69, 9.17) is 13.8 Å². The second-order valence-electron chi connectivity index (χ2n) is 21.1. The van der Waals surface area contributed by atoms with Crippen molar-refractivity contribution in [3.8, 4) is 0 Å². The number of nitrogens with one attached hydrogen (secondary N) is 1. The highest BCUT2D eigenvalue weighted by Crippen LogP contribution is 2.43. The first-order valence-electron chi connectivity index (χ1n) is 30.2. The van der Waals surface area contributed by atoms with Crippen LogP contribution >= 0.6 is 7.82 Å². The minimum atomic E-state index is -4.47. The van der Waals surface area contributed by atoms with Crippen molar-refractivity contribution >= 4 is 19.7 Å². The molecule has 0 spiro atoms. The third-order valence-corrected chi connectivity index (χ3v) is 13.7. The lowest BCUT2D eigenvalue weighted by molar-refractivity contribution is -0.870. The van der Waals surface area contributed by atoms with E-state index in [0.29, 0.717) is 23.9 Å². The minimum Gasteiger partial charge on any atom is -0.456 e. The van der Waals surface area contributed by atoms with Gasteiger partial charge in [-0.15, -0.1) is 0 Å². The predicted molar refractivity (Wildman–Crippen MR) is 323 cm³/mol. The molecule has 0 radical (unpaired) electrons. The van der Waals surface area contributed by atoms with Crippen LogP contribution in [0.3, 0.4) is 0 Å². The summed E-state index contributed by atoms with van der Waals surface area (Å²) < 4.78 is 30.6. The molecule has 0 aromatic heterocycles. The molecule has 0 aliphatic carbocycles. The maximum absolute atomic E-state index is 13.5. The van der Waals surface area contributed by atoms with Gasteiger partial charge in [-0.1, -0.05) is 233 Å². The van der Waals surface area contributed by atoms with Gasteiger partial charge in [0.25, 0.3) is 0 Å². The number of carbonyl (C=O) groups excluding carboxylic acids is 2. The van der Waals surface area contributed by atoms with Gasteiger partial charge >= 0.3 is 13.8 Å². The Labute approximate surface area is 461 Å². The van der Waals surface area contributed by atoms with Crippen molar-refractivity contribution in [1.82, 2.24) is 5.32 Å². The van der Waals surface area contributed by atoms with Gasteiger partial charge < -0.3 is 19.4 Å². The van der Waals surface area contributed by atoms with E-state index in [0.717, 1.165) is 96.3 Å². The van der Waals surface area contributed by atoms with Crippen LogP contribution in [0.5, 0.6) is 0 Å². The number of hydrogen-bond acceptors (Lipinski definition) is 6. The van der Waals surface area contributed by atoms with E-state index >= 15 is 0 Å². The summed E-state index contributed by atoms with van der Waals surface area (Å²) >= 11 is 0. The molecule has 430 valence electrons. The Morgan fingerprint density at radius 3 is 1.31 bits per heavy atom. The van der Waals surface area contributed by atoms with Crippen molar-refractivity contribution in [2.24, 2.45) is 0 Å². The van der Waals surface area contributed by atoms with Crippen LogP contribution in [0.25, 0.3) is 0 Å². The highest BCUT2D eigenvalue weighted by atomic mass is 31.2. The molecule has 0 heterocycles. The van der Waals surface area contributed by atoms with Crippen molar-refractivity contribution < 1.29 is 37.3 Å². The number of phosphoric acid groups is 1. The zero-order valence-electron chi connectivity index (χ0n) is 49.0. The number of quaternary nitrogens is 1. The summed E-state index contributed by atoms with van der Waals surface area (Å²) in [6.45, 7) is 6.81. The number of rotatable bonds is 53. The lowest BCUT2D eigenvalue weighted by atomic mass is 10.0. The fourth-order valence-corrected chi connectivity index (χ4v) is 8.79. The van der Waals surface area contributed by atoms with E-state index in [1.165, 1.54) is 96.3 Å². The molecule has 0 rings (SSSR count). The summed E-state index contributed by atoms with van der Waals surface area (Å²) in [4.78, 5) is 37.6. The van der Waals surface area contributed by atoms with Crippen LogP contribution in [-0.2, 0) is 27.9 Å². The molecular formula is C65H114N2O7P+. The number of phosphoric ester groups is 1. The second-order valence-corrected chi connectivity index (χ2v) is 22.6. The summed E-state index contributed by atoms with van der Waals surface area (Å²) in [5.74, 6) is -0.619. The number of ether oxygens (including phenoxy) is 1. The molecular weight excluding hydrogens is 952 g/mol. The van der Waals surface area contributed by atoms with Gasteiger partial charge in [-0.25, -0.2) is 4.57 Å². The van der Waals surface area contributed by atoms with Crippen LogP contribution < -0.4 is 5.32 Å². The lowest BCUT2D eigenvalue weighted by Crippen LogP contribution is -2.47. The van der Waals surface area contributed by atoms with Crippen LogP contribution in [0.15, 0.2) is 109 Å². The molecule has 0 aromatic rings. The van der Waals surface area contributed by atoms with Crippen LogP contribution in [0.4, 0.5) is 0 Å². The minimum absolute atomic E-state index is 0.0214. The predicted octanol–water partition coefficient (Wildman–Crippen LogP) is 18.6. The molecule has 0 aromatic carbocycles. The van der Waals surface area contributed by atoms with E-state index < -0.39 is 20.0 Å². The summed E-state index contributed by atoms with van der Waals surface area (Å²) in [7, 11) is 1.44. The van der Waals surface area contributed by atoms with Gasteiger partial charge in [0.15, 0.2) is 0 Å². The van der Waals surface area contributed by atoms with E-state index in [1.807, 2.05) is 39.4 Å². The van der Waals surface area contributed by atoms with Crippen LogP contribution in [-0.4, -0.2) is 74.3 Å². The third-order valence-electron chi connectivity index (χ3n) is 12.7. The van der Waals surface area contributed by atoms with Crippen molar-refractivity contribution in [2.75, 3.05) is 40.9 Å². The molecule has 0 fully saturated rings. The average Bonchev–Trinajstić information content (AvgIpc) is 3.37. The van der Waals surface area contributed by atoms with Gasteiger partial charge in [0.05, 0.1) is 33.8 Å². The van der Waals surface area contributed by atoms with E-state index in [2.05, 4.69) is 117 Å². The highest BCUT2D eigenvalue weighted by molar-refractivity contribution is 7.47. The SMILES string of the molecule is CC/C=C\C/C=C\C/C=C\C/C=C\C/C=C\C/C=C\CCCCCCC(=O)OC(/C=C\CCCCCCCCCCCCC)C(COP(=O)(O)OCC[N+](C)(C)C)NC(=O)CC/C=C/C/C=C\CCCCCCCC. The number of nitrogens with zero attached hydrogens (tertiary/aromatic N) is 1. The first-order chi connectivity index (χ1) is 36.4. The Kier molecular flexibility index (Phi) is 51.6. The van der Waals surface area contributed by atoms with Gasteiger partial charge in [-0.05, 0) is 102 Å². The van der Waals surface area contributed by atoms with Crippen molar-refractivity contribution in [3.63, 3.8) is 0 Å². The highest BCUT2D eigenvalue weighted by Gasteiger charge is 2.30. The quantitative estimate of drug-likeness (QED) is 0.0205. The van der Waals surface area contributed by atoms with Gasteiger partial charge in [-0.2, -0.15) is 0 Å². The first-order valence-corrected chi connectivity index (χ1v) is 31.7. The fraction of sp³-hybridized carbons (Fsp3) is 0.692. The molecule has 1 amide bonds. The summed E-state index contributed by atoms with van der Waals surface area (Å²) in [5.41, 5.74) is 0. The number of hydrogen-bond donors (Lipinski definition) is 2. The molecule has 0 aliphatic heterocycles. The van der Waals surface area contributed by atoms with Gasteiger partial charge in [-0.3, -0.25) is 18.6 Å². The molecule has 75 heavy (non-hydrogen) atoms. The smallest absolute Gasteiger partial charge is 0.456 e. The Morgan fingerprint density at radius 2 is 0.867 bits per heavy atom. The number of unbranched alkanes of at least 4 members (excludes halogenated alkanes) is 21. The number of carbonyl (C=O) groups is 2. The normalized spacial score (nSPS) is 14.5. The molecule has 0 saturated carbocycles. The molecule has 0 saturated heterocycles. The van der Waals surface area contributed by atoms with Crippen molar-refractivity contribution in [1.29, 1.82) is 0 Å². The van der Waals surface area contributed by atoms with Gasteiger partial charge in [0.2, 0.25) is 5.91 Å². The monoisotopic (exact) mass is 1070 g/mol. The third kappa shape index (κ3) is 55.2. The van der Waals surface area contributed by atoms with E-state index in [1.54, 1.807) is 0 Å². The van der Waals surface area contributed by atoms with Crippen LogP contribution in [0, 0.1) is 0 Å². The maximum atomic E-state index is 13.5. The number of allylic oxidation sites excluding steroid dienone is 17. The Balaban J connectivity index is 5.38. The molecule has 0 aliphatic rings. The molecule has 10 heteroatoms. The van der Waals surface area contributed by atoms with E-state index in [-0.39, 0.29) is 37.9 Å². The molecule has 0 bridgehead atoms. The number of amides is 1. The van der Waals surface area contributed by atoms with Crippen molar-refractivity contribution in [3.05, 3.63) is 109 Å². The summed E-state index contributed by atoms with van der Waals surface area (Å²) in [6.07, 6.45) is 73.9. The van der Waals surface area contributed by atoms with Crippen LogP contribution in [0.2, 0.25) is 0 Å². The average molecular weight is 1070 g/mol. The zero-order chi connectivity index (χ0) is 55.0. The summed E-state index contributed by atoms with van der Waals surface area (Å²) in [6, 6.07) is -0.896. The Hall–Kier alpha value is -3.33. The molecule has 2 N–H and O–H groups in total. The standard InChI is InChI=1S/C65H113N2O7P/c1-7-10-13-16-19-22-25-28-29-30-31-32-33-34-35-36-37-40-43-46-49-52-55-58-65(69)74-63(56-53-50-47-44-41-38-26-23-20-17-14-11-8-2)62(61-73-75(70,71)72-60-59-67(4,5)6)66-64(68)57-54-51-48-45-42-39-27-24-21-18-15-12-9-3/h10,13,19,22,28-29,31-32,34-35,37,39-40,42,48,51,53,56,62-63H,7-9,11-12,14-18,20-21,23-27,30,33,36,38,41,43-47,49-50,52,54-55,57-61H2,1-6H3,(H-,66,68,70,71)/p+1/b13-10-,22-19-,29-28-,32-31-,35-34-,40-37-,42-39-,51-48+,56-53-. The number of likely N-dealkylation sites (N-methyl/N-ethyl adjacent to an activating group) is 1. The Morgan fingerprint density at radius 1 is 0.480 bits per heavy atom. The maximum Gasteiger partial charge on any atom is 0.472 e. The Bertz CT molecular complexity index is 1650. The number of esters is 1. The fourth-order valence-electron chi connectivity index (χ4n) is 8.05. The van der Waals surface area contributed by atoms with Gasteiger partial charge in [0, 0.05) is 12.8 Å². The largest absolute Gasteiger partial charge is 0.472 e. The lowest BCUT2D eigenvalue weighted by Gasteiger charge is -2.27. The molecule has 3 unspecified atom stereocenters. The van der Waals surface area contributed by atoms with Crippen LogP contribution in [0.1, 0.15) is 239 Å². The topological polar surface area (TPSA) is 111 Å². The first kappa shape index (κ1) is 71.7.